The van der Waals surface area contributed by atoms with Crippen LogP contribution in [0.2, 0.25) is 0 Å². The van der Waals surface area contributed by atoms with Gasteiger partial charge in [0.05, 0.1) is 13.2 Å². The summed E-state index contributed by atoms with van der Waals surface area (Å²) >= 11 is 0. The molecule has 0 amide bonds. The number of likely N-dealkylation sites (N-methyl/N-ethyl adjacent to an activating group) is 1. The standard InChI is InChI=1S/C18H26N2O2/c1-20(17-7-3-2-4-8-17)11-10-19-14-18(15-22)9-5-6-16(12-18)13-21/h2-9,19,21-22H,10-15H2,1H3. The smallest absolute Gasteiger partial charge is 0.0645 e. The number of para-hydroxylation sites is 1. The third kappa shape index (κ3) is 4.44. The zero-order valence-corrected chi connectivity index (χ0v) is 13.2. The Kier molecular flexibility index (Phi) is 6.19. The second kappa shape index (κ2) is 8.13. The lowest BCUT2D eigenvalue weighted by Gasteiger charge is -2.32. The number of benzene rings is 1. The molecule has 1 aromatic rings. The Morgan fingerprint density at radius 3 is 2.68 bits per heavy atom. The predicted molar refractivity (Wildman–Crippen MR) is 91.0 cm³/mol. The van der Waals surface area contributed by atoms with Gasteiger partial charge in [-0.05, 0) is 24.1 Å². The number of hydrogen-bond donors (Lipinski definition) is 3. The van der Waals surface area contributed by atoms with Crippen molar-refractivity contribution in [3.8, 4) is 0 Å². The topological polar surface area (TPSA) is 55.7 Å². The first-order chi connectivity index (χ1) is 10.7. The molecule has 2 rings (SSSR count). The fourth-order valence-corrected chi connectivity index (χ4v) is 2.75. The Balaban J connectivity index is 1.78. The van der Waals surface area contributed by atoms with Crippen LogP contribution in [0.1, 0.15) is 6.42 Å². The Morgan fingerprint density at radius 1 is 1.23 bits per heavy atom. The summed E-state index contributed by atoms with van der Waals surface area (Å²) in [6, 6.07) is 10.3. The maximum absolute atomic E-state index is 9.73. The molecule has 0 aromatic heterocycles. The fraction of sp³-hybridized carbons (Fsp3) is 0.444. The molecule has 22 heavy (non-hydrogen) atoms. The summed E-state index contributed by atoms with van der Waals surface area (Å²) in [5.74, 6) is 0. The molecule has 1 aromatic carbocycles. The maximum atomic E-state index is 9.73. The van der Waals surface area contributed by atoms with Gasteiger partial charge in [0.25, 0.3) is 0 Å². The van der Waals surface area contributed by atoms with Crippen molar-refractivity contribution in [1.82, 2.24) is 5.32 Å². The van der Waals surface area contributed by atoms with Crippen molar-refractivity contribution >= 4 is 5.69 Å². The lowest BCUT2D eigenvalue weighted by molar-refractivity contribution is 0.159. The predicted octanol–water partition coefficient (Wildman–Crippen LogP) is 1.57. The van der Waals surface area contributed by atoms with Crippen LogP contribution in [0.3, 0.4) is 0 Å². The summed E-state index contributed by atoms with van der Waals surface area (Å²) in [6.07, 6.45) is 6.61. The number of rotatable bonds is 8. The number of aliphatic hydroxyl groups excluding tert-OH is 2. The van der Waals surface area contributed by atoms with Crippen molar-refractivity contribution in [2.75, 3.05) is 44.8 Å². The van der Waals surface area contributed by atoms with Gasteiger partial charge in [0.15, 0.2) is 0 Å². The molecular weight excluding hydrogens is 276 g/mol. The minimum absolute atomic E-state index is 0.0584. The van der Waals surface area contributed by atoms with Gasteiger partial charge in [-0.1, -0.05) is 36.4 Å². The normalized spacial score (nSPS) is 20.8. The molecule has 0 saturated carbocycles. The minimum Gasteiger partial charge on any atom is -0.395 e. The summed E-state index contributed by atoms with van der Waals surface area (Å²) < 4.78 is 0. The molecule has 0 bridgehead atoms. The average molecular weight is 302 g/mol. The Labute approximate surface area is 132 Å². The molecule has 4 heteroatoms. The maximum Gasteiger partial charge on any atom is 0.0645 e. The molecule has 4 nitrogen and oxygen atoms in total. The Hall–Kier alpha value is -1.62. The summed E-state index contributed by atoms with van der Waals surface area (Å²) in [7, 11) is 2.08. The fourth-order valence-electron chi connectivity index (χ4n) is 2.75. The van der Waals surface area contributed by atoms with E-state index in [1.165, 1.54) is 5.69 Å². The van der Waals surface area contributed by atoms with E-state index >= 15 is 0 Å². The summed E-state index contributed by atoms with van der Waals surface area (Å²) in [5.41, 5.74) is 1.88. The Morgan fingerprint density at radius 2 is 2.00 bits per heavy atom. The highest BCUT2D eigenvalue weighted by Crippen LogP contribution is 2.30. The van der Waals surface area contributed by atoms with Gasteiger partial charge in [-0.3, -0.25) is 0 Å². The summed E-state index contributed by atoms with van der Waals surface area (Å²) in [6.45, 7) is 2.60. The van der Waals surface area contributed by atoms with Crippen LogP contribution in [-0.2, 0) is 0 Å². The molecule has 3 N–H and O–H groups in total. The van der Waals surface area contributed by atoms with Gasteiger partial charge in [-0.15, -0.1) is 0 Å². The summed E-state index contributed by atoms with van der Waals surface area (Å²) in [5, 5.41) is 22.4. The molecule has 0 aliphatic heterocycles. The molecule has 0 spiro atoms. The van der Waals surface area contributed by atoms with Gasteiger partial charge in [-0.2, -0.15) is 0 Å². The third-order valence-electron chi connectivity index (χ3n) is 4.18. The zero-order valence-electron chi connectivity index (χ0n) is 13.2. The van der Waals surface area contributed by atoms with Crippen LogP contribution in [-0.4, -0.2) is 50.1 Å². The van der Waals surface area contributed by atoms with Crippen LogP contribution in [0.25, 0.3) is 0 Å². The van der Waals surface area contributed by atoms with Crippen molar-refractivity contribution in [3.05, 3.63) is 54.1 Å². The number of allylic oxidation sites excluding steroid dienone is 2. The highest BCUT2D eigenvalue weighted by Gasteiger charge is 2.28. The quantitative estimate of drug-likeness (QED) is 0.638. The van der Waals surface area contributed by atoms with Gasteiger partial charge < -0.3 is 20.4 Å². The number of hydrogen-bond acceptors (Lipinski definition) is 4. The van der Waals surface area contributed by atoms with Crippen LogP contribution in [0, 0.1) is 5.41 Å². The molecule has 0 fully saturated rings. The van der Waals surface area contributed by atoms with E-state index in [0.29, 0.717) is 13.0 Å². The molecule has 0 radical (unpaired) electrons. The highest BCUT2D eigenvalue weighted by molar-refractivity contribution is 5.44. The highest BCUT2D eigenvalue weighted by atomic mass is 16.3. The molecule has 120 valence electrons. The average Bonchev–Trinajstić information content (AvgIpc) is 2.59. The minimum atomic E-state index is -0.294. The molecule has 0 heterocycles. The van der Waals surface area contributed by atoms with Gasteiger partial charge in [0, 0.05) is 37.8 Å². The van der Waals surface area contributed by atoms with Gasteiger partial charge in [0.1, 0.15) is 0 Å². The van der Waals surface area contributed by atoms with E-state index in [1.54, 1.807) is 0 Å². The number of anilines is 1. The van der Waals surface area contributed by atoms with Crippen molar-refractivity contribution in [1.29, 1.82) is 0 Å². The molecular formula is C18H26N2O2. The zero-order chi connectivity index (χ0) is 15.8. The third-order valence-corrected chi connectivity index (χ3v) is 4.18. The lowest BCUT2D eigenvalue weighted by atomic mass is 9.79. The summed E-state index contributed by atoms with van der Waals surface area (Å²) in [4.78, 5) is 2.20. The van der Waals surface area contributed by atoms with Crippen molar-refractivity contribution in [2.45, 2.75) is 6.42 Å². The van der Waals surface area contributed by atoms with Gasteiger partial charge in [0.2, 0.25) is 0 Å². The van der Waals surface area contributed by atoms with E-state index in [9.17, 15) is 10.2 Å². The second-order valence-electron chi connectivity index (χ2n) is 5.97. The number of nitrogens with zero attached hydrogens (tertiary/aromatic N) is 1. The SMILES string of the molecule is CN(CCNCC1(CO)C=CC=C(CO)C1)c1ccccc1. The first-order valence-electron chi connectivity index (χ1n) is 7.75. The molecule has 1 aliphatic carbocycles. The molecule has 1 unspecified atom stereocenters. The largest absolute Gasteiger partial charge is 0.395 e. The van der Waals surface area contributed by atoms with Crippen LogP contribution in [0.5, 0.6) is 0 Å². The first-order valence-corrected chi connectivity index (χ1v) is 7.75. The number of aliphatic hydroxyl groups is 2. The van der Waals surface area contributed by atoms with Crippen molar-refractivity contribution < 1.29 is 10.2 Å². The Bertz CT molecular complexity index is 513. The second-order valence-corrected chi connectivity index (χ2v) is 5.97. The lowest BCUT2D eigenvalue weighted by Crippen LogP contribution is -2.40. The monoisotopic (exact) mass is 302 g/mol. The van der Waals surface area contributed by atoms with Crippen LogP contribution < -0.4 is 10.2 Å². The molecule has 1 atom stereocenters. The first kappa shape index (κ1) is 16.7. The van der Waals surface area contributed by atoms with E-state index in [0.717, 1.165) is 18.7 Å². The van der Waals surface area contributed by atoms with E-state index in [2.05, 4.69) is 29.4 Å². The van der Waals surface area contributed by atoms with Crippen LogP contribution >= 0.6 is 0 Å². The van der Waals surface area contributed by atoms with Gasteiger partial charge in [-0.25, -0.2) is 0 Å². The van der Waals surface area contributed by atoms with Crippen molar-refractivity contribution in [3.63, 3.8) is 0 Å². The van der Waals surface area contributed by atoms with Crippen LogP contribution in [0.15, 0.2) is 54.1 Å². The van der Waals surface area contributed by atoms with E-state index < -0.39 is 0 Å². The van der Waals surface area contributed by atoms with E-state index in [-0.39, 0.29) is 18.6 Å². The number of nitrogens with one attached hydrogen (secondary N) is 1. The molecule has 1 aliphatic rings. The van der Waals surface area contributed by atoms with Crippen LogP contribution in [0.4, 0.5) is 5.69 Å². The van der Waals surface area contributed by atoms with E-state index in [4.69, 9.17) is 0 Å². The van der Waals surface area contributed by atoms with Crippen molar-refractivity contribution in [2.24, 2.45) is 5.41 Å². The molecule has 0 saturated heterocycles. The van der Waals surface area contributed by atoms with E-state index in [1.807, 2.05) is 36.4 Å². The van der Waals surface area contributed by atoms with Gasteiger partial charge >= 0.3 is 0 Å².